The lowest BCUT2D eigenvalue weighted by atomic mass is 9.68. The van der Waals surface area contributed by atoms with E-state index < -0.39 is 23.3 Å². The van der Waals surface area contributed by atoms with Gasteiger partial charge in [-0.1, -0.05) is 18.2 Å². The van der Waals surface area contributed by atoms with Crippen LogP contribution in [0.2, 0.25) is 0 Å². The van der Waals surface area contributed by atoms with Crippen LogP contribution in [-0.2, 0) is 19.1 Å². The molecule has 1 aliphatic carbocycles. The van der Waals surface area contributed by atoms with Crippen molar-refractivity contribution in [3.8, 4) is 0 Å². The van der Waals surface area contributed by atoms with Crippen molar-refractivity contribution in [3.05, 3.63) is 23.8 Å². The molecule has 0 spiro atoms. The lowest BCUT2D eigenvalue weighted by molar-refractivity contribution is -0.330. The van der Waals surface area contributed by atoms with Crippen molar-refractivity contribution in [1.82, 2.24) is 0 Å². The first-order valence-electron chi connectivity index (χ1n) is 6.57. The maximum absolute atomic E-state index is 11.5. The van der Waals surface area contributed by atoms with Crippen LogP contribution >= 0.6 is 0 Å². The highest BCUT2D eigenvalue weighted by Crippen LogP contribution is 2.42. The first kappa shape index (κ1) is 13.3. The Hall–Kier alpha value is -1.66. The number of hydrogen-bond acceptors (Lipinski definition) is 6. The van der Waals surface area contributed by atoms with E-state index in [0.717, 1.165) is 5.57 Å². The molecule has 6 nitrogen and oxygen atoms in total. The molecule has 2 aliphatic heterocycles. The van der Waals surface area contributed by atoms with Crippen LogP contribution in [-0.4, -0.2) is 37.4 Å². The van der Waals surface area contributed by atoms with Gasteiger partial charge in [0.1, 0.15) is 0 Å². The standard InChI is InChI=1S/C14H16O6/c15-12(16)11-4-8(3-9-6-19-9)1-2-14(11,13(17)18)5-10-7-20-10/h1-2,4,9-11H,3,5-7H2,(H,15,16)(H,17,18)/p-2. The predicted molar refractivity (Wildman–Crippen MR) is 61.9 cm³/mol. The fourth-order valence-corrected chi connectivity index (χ4v) is 2.68. The summed E-state index contributed by atoms with van der Waals surface area (Å²) in [6, 6.07) is 0. The summed E-state index contributed by atoms with van der Waals surface area (Å²) in [6.45, 7) is 1.11. The molecule has 0 amide bonds. The summed E-state index contributed by atoms with van der Waals surface area (Å²) in [7, 11) is 0. The van der Waals surface area contributed by atoms with E-state index in [1.165, 1.54) is 12.2 Å². The SMILES string of the molecule is O=C([O-])C1C=C(CC2CO2)C=CC1(CC1CO1)C(=O)[O-]. The molecular weight excluding hydrogens is 264 g/mol. The van der Waals surface area contributed by atoms with Crippen molar-refractivity contribution in [1.29, 1.82) is 0 Å². The Balaban J connectivity index is 1.88. The summed E-state index contributed by atoms with van der Waals surface area (Å²) < 4.78 is 10.1. The Bertz CT molecular complexity index is 500. The third kappa shape index (κ3) is 2.48. The van der Waals surface area contributed by atoms with Crippen molar-refractivity contribution in [2.24, 2.45) is 11.3 Å². The average molecular weight is 278 g/mol. The molecule has 4 atom stereocenters. The first-order chi connectivity index (χ1) is 9.51. The van der Waals surface area contributed by atoms with E-state index in [9.17, 15) is 19.8 Å². The highest BCUT2D eigenvalue weighted by molar-refractivity contribution is 5.86. The maximum atomic E-state index is 11.5. The predicted octanol–water partition coefficient (Wildman–Crippen LogP) is -1.84. The molecule has 6 heteroatoms. The first-order valence-corrected chi connectivity index (χ1v) is 6.57. The molecule has 20 heavy (non-hydrogen) atoms. The number of hydrogen-bond donors (Lipinski definition) is 0. The summed E-state index contributed by atoms with van der Waals surface area (Å²) in [5.74, 6) is -4.06. The Morgan fingerprint density at radius 1 is 1.25 bits per heavy atom. The van der Waals surface area contributed by atoms with Gasteiger partial charge in [-0.3, -0.25) is 0 Å². The van der Waals surface area contributed by atoms with Gasteiger partial charge in [0.05, 0.1) is 31.4 Å². The molecule has 3 rings (SSSR count). The molecule has 0 aromatic rings. The van der Waals surface area contributed by atoms with Crippen LogP contribution < -0.4 is 10.2 Å². The van der Waals surface area contributed by atoms with Crippen LogP contribution in [0.5, 0.6) is 0 Å². The van der Waals surface area contributed by atoms with Crippen molar-refractivity contribution < 1.29 is 29.3 Å². The van der Waals surface area contributed by atoms with Gasteiger partial charge in [-0.2, -0.15) is 0 Å². The zero-order valence-electron chi connectivity index (χ0n) is 10.7. The quantitative estimate of drug-likeness (QED) is 0.529. The van der Waals surface area contributed by atoms with Gasteiger partial charge < -0.3 is 29.3 Å². The highest BCUT2D eigenvalue weighted by atomic mass is 16.6. The lowest BCUT2D eigenvalue weighted by Gasteiger charge is -2.40. The fraction of sp³-hybridized carbons (Fsp3) is 0.571. The third-order valence-corrected chi connectivity index (χ3v) is 4.00. The zero-order chi connectivity index (χ0) is 14.3. The monoisotopic (exact) mass is 278 g/mol. The number of epoxide rings is 2. The summed E-state index contributed by atoms with van der Waals surface area (Å²) in [4.78, 5) is 22.9. The van der Waals surface area contributed by atoms with Gasteiger partial charge in [-0.05, 0) is 12.0 Å². The minimum absolute atomic E-state index is 0.0915. The van der Waals surface area contributed by atoms with Gasteiger partial charge in [0.25, 0.3) is 0 Å². The summed E-state index contributed by atoms with van der Waals surface area (Å²) in [5, 5.41) is 22.9. The molecule has 0 saturated carbocycles. The molecule has 3 aliphatic rings. The fourth-order valence-electron chi connectivity index (χ4n) is 2.68. The van der Waals surface area contributed by atoms with Gasteiger partial charge in [0, 0.05) is 23.7 Å². The Morgan fingerprint density at radius 3 is 2.40 bits per heavy atom. The third-order valence-electron chi connectivity index (χ3n) is 4.00. The molecule has 0 bridgehead atoms. The van der Waals surface area contributed by atoms with E-state index in [1.54, 1.807) is 6.08 Å². The summed E-state index contributed by atoms with van der Waals surface area (Å²) >= 11 is 0. The van der Waals surface area contributed by atoms with E-state index in [-0.39, 0.29) is 18.6 Å². The van der Waals surface area contributed by atoms with Crippen LogP contribution in [0.1, 0.15) is 12.8 Å². The molecule has 0 N–H and O–H groups in total. The summed E-state index contributed by atoms with van der Waals surface area (Å²) in [6.07, 6.45) is 5.09. The molecule has 2 heterocycles. The zero-order valence-corrected chi connectivity index (χ0v) is 10.7. The molecule has 0 radical (unpaired) electrons. The minimum atomic E-state index is -1.59. The van der Waals surface area contributed by atoms with Gasteiger partial charge >= 0.3 is 0 Å². The molecule has 4 unspecified atom stereocenters. The normalized spacial score (nSPS) is 38.2. The number of ether oxygens (including phenoxy) is 2. The molecule has 0 aromatic heterocycles. The van der Waals surface area contributed by atoms with Crippen molar-refractivity contribution in [2.75, 3.05) is 13.2 Å². The number of rotatable bonds is 6. The van der Waals surface area contributed by atoms with Crippen LogP contribution in [0, 0.1) is 11.3 Å². The largest absolute Gasteiger partial charge is 0.549 e. The molecule has 0 aromatic carbocycles. The molecule has 108 valence electrons. The summed E-state index contributed by atoms with van der Waals surface area (Å²) in [5.41, 5.74) is -0.830. The van der Waals surface area contributed by atoms with E-state index in [1.807, 2.05) is 0 Å². The number of carboxylic acid groups (broad SMARTS) is 2. The number of aliphatic carboxylic acids is 2. The van der Waals surface area contributed by atoms with Crippen LogP contribution in [0.3, 0.4) is 0 Å². The van der Waals surface area contributed by atoms with E-state index in [0.29, 0.717) is 19.6 Å². The average Bonchev–Trinajstić information content (AvgIpc) is 3.26. The van der Waals surface area contributed by atoms with Crippen molar-refractivity contribution in [3.63, 3.8) is 0 Å². The highest BCUT2D eigenvalue weighted by Gasteiger charge is 2.44. The van der Waals surface area contributed by atoms with Crippen LogP contribution in [0.25, 0.3) is 0 Å². The molecule has 2 saturated heterocycles. The number of carbonyl (C=O) groups is 2. The van der Waals surface area contributed by atoms with E-state index in [2.05, 4.69) is 0 Å². The van der Waals surface area contributed by atoms with Gasteiger partial charge in [0.15, 0.2) is 0 Å². The number of carbonyl (C=O) groups excluding carboxylic acids is 2. The maximum Gasteiger partial charge on any atom is 0.0850 e. The van der Waals surface area contributed by atoms with Crippen molar-refractivity contribution in [2.45, 2.75) is 25.0 Å². The molecular formula is C14H14O6-2. The van der Waals surface area contributed by atoms with Crippen molar-refractivity contribution >= 4 is 11.9 Å². The van der Waals surface area contributed by atoms with E-state index >= 15 is 0 Å². The van der Waals surface area contributed by atoms with Crippen LogP contribution in [0.4, 0.5) is 0 Å². The minimum Gasteiger partial charge on any atom is -0.549 e. The Kier molecular flexibility index (Phi) is 3.14. The second kappa shape index (κ2) is 4.71. The number of carboxylic acids is 2. The van der Waals surface area contributed by atoms with Gasteiger partial charge in [-0.25, -0.2) is 0 Å². The van der Waals surface area contributed by atoms with Gasteiger partial charge in [0.2, 0.25) is 0 Å². The smallest absolute Gasteiger partial charge is 0.0850 e. The topological polar surface area (TPSA) is 105 Å². The van der Waals surface area contributed by atoms with E-state index in [4.69, 9.17) is 9.47 Å². The van der Waals surface area contributed by atoms with Crippen LogP contribution in [0.15, 0.2) is 23.8 Å². The number of allylic oxidation sites excluding steroid dienone is 1. The lowest BCUT2D eigenvalue weighted by Crippen LogP contribution is -2.52. The Labute approximate surface area is 115 Å². The second-order valence-corrected chi connectivity index (χ2v) is 5.52. The molecule has 2 fully saturated rings. The Morgan fingerprint density at radius 2 is 1.90 bits per heavy atom. The van der Waals surface area contributed by atoms with Gasteiger partial charge in [-0.15, -0.1) is 0 Å². The second-order valence-electron chi connectivity index (χ2n) is 5.52.